The minimum atomic E-state index is -0.610. The Hall–Kier alpha value is -2.37. The summed E-state index contributed by atoms with van der Waals surface area (Å²) < 4.78 is 4.87. The zero-order valence-electron chi connectivity index (χ0n) is 8.60. The first kappa shape index (κ1) is 10.2. The van der Waals surface area contributed by atoms with Crippen LogP contribution in [0.5, 0.6) is 0 Å². The standard InChI is InChI=1S/C10H10N4O2/c1-6-12-9(14-16-6)7-3-2-4-8(5-7)13-10(11)15/h2-5H,1H3,(H3,11,13,15). The molecule has 2 amide bonds. The number of nitrogens with two attached hydrogens (primary N) is 1. The van der Waals surface area contributed by atoms with Crippen LogP contribution < -0.4 is 11.1 Å². The number of amides is 2. The number of anilines is 1. The van der Waals surface area contributed by atoms with Gasteiger partial charge in [0.2, 0.25) is 11.7 Å². The highest BCUT2D eigenvalue weighted by Gasteiger charge is 2.06. The molecule has 6 heteroatoms. The van der Waals surface area contributed by atoms with Crippen LogP contribution in [-0.2, 0) is 0 Å². The smallest absolute Gasteiger partial charge is 0.316 e. The number of carbonyl (C=O) groups excluding carboxylic acids is 1. The molecule has 0 saturated heterocycles. The lowest BCUT2D eigenvalue weighted by molar-refractivity contribution is 0.259. The largest absolute Gasteiger partial charge is 0.351 e. The molecule has 0 saturated carbocycles. The van der Waals surface area contributed by atoms with E-state index in [1.54, 1.807) is 25.1 Å². The van der Waals surface area contributed by atoms with Gasteiger partial charge in [-0.2, -0.15) is 4.98 Å². The normalized spacial score (nSPS) is 10.1. The average molecular weight is 218 g/mol. The molecule has 0 unspecified atom stereocenters. The molecular formula is C10H10N4O2. The summed E-state index contributed by atoms with van der Waals surface area (Å²) in [6.07, 6.45) is 0. The Morgan fingerprint density at radius 1 is 1.50 bits per heavy atom. The molecule has 1 heterocycles. The lowest BCUT2D eigenvalue weighted by Crippen LogP contribution is -2.19. The van der Waals surface area contributed by atoms with Crippen LogP contribution in [0, 0.1) is 6.92 Å². The Morgan fingerprint density at radius 2 is 2.31 bits per heavy atom. The van der Waals surface area contributed by atoms with Gasteiger partial charge in [0.15, 0.2) is 0 Å². The fourth-order valence-corrected chi connectivity index (χ4v) is 1.29. The monoisotopic (exact) mass is 218 g/mol. The molecule has 0 bridgehead atoms. The summed E-state index contributed by atoms with van der Waals surface area (Å²) in [4.78, 5) is 14.8. The van der Waals surface area contributed by atoms with Gasteiger partial charge in [-0.15, -0.1) is 0 Å². The van der Waals surface area contributed by atoms with Crippen molar-refractivity contribution in [3.05, 3.63) is 30.2 Å². The molecule has 0 aliphatic rings. The van der Waals surface area contributed by atoms with Crippen molar-refractivity contribution in [2.75, 3.05) is 5.32 Å². The quantitative estimate of drug-likeness (QED) is 0.799. The number of aryl methyl sites for hydroxylation is 1. The van der Waals surface area contributed by atoms with E-state index < -0.39 is 6.03 Å². The molecule has 0 aliphatic heterocycles. The minimum absolute atomic E-state index is 0.477. The van der Waals surface area contributed by atoms with Crippen LogP contribution in [0.4, 0.5) is 10.5 Å². The van der Waals surface area contributed by atoms with Gasteiger partial charge >= 0.3 is 6.03 Å². The Bertz CT molecular complexity index is 521. The first-order valence-electron chi connectivity index (χ1n) is 4.62. The molecule has 82 valence electrons. The predicted molar refractivity (Wildman–Crippen MR) is 57.7 cm³/mol. The molecule has 6 nitrogen and oxygen atoms in total. The van der Waals surface area contributed by atoms with Crippen molar-refractivity contribution < 1.29 is 9.32 Å². The maximum Gasteiger partial charge on any atom is 0.316 e. The molecule has 2 rings (SSSR count). The fourth-order valence-electron chi connectivity index (χ4n) is 1.29. The van der Waals surface area contributed by atoms with Crippen molar-refractivity contribution in [3.63, 3.8) is 0 Å². The van der Waals surface area contributed by atoms with Crippen LogP contribution in [-0.4, -0.2) is 16.2 Å². The lowest BCUT2D eigenvalue weighted by atomic mass is 10.2. The minimum Gasteiger partial charge on any atom is -0.351 e. The number of nitrogens with one attached hydrogen (secondary N) is 1. The zero-order chi connectivity index (χ0) is 11.5. The second kappa shape index (κ2) is 4.01. The summed E-state index contributed by atoms with van der Waals surface area (Å²) >= 11 is 0. The van der Waals surface area contributed by atoms with Crippen LogP contribution in [0.15, 0.2) is 28.8 Å². The third kappa shape index (κ3) is 2.17. The molecular weight excluding hydrogens is 208 g/mol. The van der Waals surface area contributed by atoms with E-state index in [-0.39, 0.29) is 0 Å². The first-order valence-corrected chi connectivity index (χ1v) is 4.62. The number of urea groups is 1. The number of aromatic nitrogens is 2. The zero-order valence-corrected chi connectivity index (χ0v) is 8.60. The predicted octanol–water partition coefficient (Wildman–Crippen LogP) is 1.54. The number of hydrogen-bond donors (Lipinski definition) is 2. The summed E-state index contributed by atoms with van der Waals surface area (Å²) in [6.45, 7) is 1.71. The average Bonchev–Trinajstić information content (AvgIpc) is 2.64. The van der Waals surface area contributed by atoms with E-state index in [1.165, 1.54) is 0 Å². The summed E-state index contributed by atoms with van der Waals surface area (Å²) in [7, 11) is 0. The number of hydrogen-bond acceptors (Lipinski definition) is 4. The van der Waals surface area contributed by atoms with Gasteiger partial charge in [0.25, 0.3) is 0 Å². The van der Waals surface area contributed by atoms with Gasteiger partial charge in [-0.05, 0) is 12.1 Å². The van der Waals surface area contributed by atoms with Crippen LogP contribution in [0.3, 0.4) is 0 Å². The van der Waals surface area contributed by atoms with Crippen LogP contribution in [0.25, 0.3) is 11.4 Å². The van der Waals surface area contributed by atoms with E-state index in [0.29, 0.717) is 17.4 Å². The number of benzene rings is 1. The molecule has 1 aromatic carbocycles. The van der Waals surface area contributed by atoms with Gasteiger partial charge in [-0.1, -0.05) is 17.3 Å². The molecule has 2 aromatic rings. The van der Waals surface area contributed by atoms with Gasteiger partial charge in [0.1, 0.15) is 0 Å². The molecule has 1 aromatic heterocycles. The summed E-state index contributed by atoms with van der Waals surface area (Å²) in [5, 5.41) is 6.25. The Morgan fingerprint density at radius 3 is 2.94 bits per heavy atom. The molecule has 16 heavy (non-hydrogen) atoms. The van der Waals surface area contributed by atoms with Gasteiger partial charge in [0, 0.05) is 18.2 Å². The molecule has 0 aliphatic carbocycles. The Kier molecular flexibility index (Phi) is 2.55. The molecule has 3 N–H and O–H groups in total. The Labute approximate surface area is 91.5 Å². The highest BCUT2D eigenvalue weighted by Crippen LogP contribution is 2.19. The molecule has 0 fully saturated rings. The first-order chi connectivity index (χ1) is 7.65. The molecule has 0 spiro atoms. The van der Waals surface area contributed by atoms with Crippen molar-refractivity contribution in [1.82, 2.24) is 10.1 Å². The highest BCUT2D eigenvalue weighted by molar-refractivity contribution is 5.88. The van der Waals surface area contributed by atoms with Crippen LogP contribution >= 0.6 is 0 Å². The van der Waals surface area contributed by atoms with E-state index in [0.717, 1.165) is 5.56 Å². The van der Waals surface area contributed by atoms with E-state index in [4.69, 9.17) is 10.3 Å². The number of primary amides is 1. The van der Waals surface area contributed by atoms with Gasteiger partial charge in [-0.3, -0.25) is 0 Å². The maximum atomic E-state index is 10.7. The number of carbonyl (C=O) groups is 1. The van der Waals surface area contributed by atoms with Crippen LogP contribution in [0.2, 0.25) is 0 Å². The second-order valence-corrected chi connectivity index (χ2v) is 3.21. The summed E-state index contributed by atoms with van der Waals surface area (Å²) in [6, 6.07) is 6.42. The topological polar surface area (TPSA) is 94.0 Å². The van der Waals surface area contributed by atoms with Gasteiger partial charge < -0.3 is 15.6 Å². The highest BCUT2D eigenvalue weighted by atomic mass is 16.5. The fraction of sp³-hybridized carbons (Fsp3) is 0.100. The van der Waals surface area contributed by atoms with E-state index in [2.05, 4.69) is 15.5 Å². The van der Waals surface area contributed by atoms with Crippen molar-refractivity contribution in [3.8, 4) is 11.4 Å². The molecule has 0 radical (unpaired) electrons. The number of nitrogens with zero attached hydrogens (tertiary/aromatic N) is 2. The van der Waals surface area contributed by atoms with Crippen LogP contribution in [0.1, 0.15) is 5.89 Å². The summed E-state index contributed by atoms with van der Waals surface area (Å²) in [5.41, 5.74) is 6.36. The second-order valence-electron chi connectivity index (χ2n) is 3.21. The van der Waals surface area contributed by atoms with Crippen molar-refractivity contribution in [1.29, 1.82) is 0 Å². The SMILES string of the molecule is Cc1nc(-c2cccc(NC(N)=O)c2)no1. The molecule has 0 atom stereocenters. The third-order valence-corrected chi connectivity index (χ3v) is 1.92. The van der Waals surface area contributed by atoms with Crippen molar-refractivity contribution in [2.24, 2.45) is 5.73 Å². The van der Waals surface area contributed by atoms with E-state index >= 15 is 0 Å². The van der Waals surface area contributed by atoms with E-state index in [1.807, 2.05) is 6.07 Å². The maximum absolute atomic E-state index is 10.7. The third-order valence-electron chi connectivity index (χ3n) is 1.92. The van der Waals surface area contributed by atoms with Crippen molar-refractivity contribution >= 4 is 11.7 Å². The lowest BCUT2D eigenvalue weighted by Gasteiger charge is -2.02. The van der Waals surface area contributed by atoms with Gasteiger partial charge in [-0.25, -0.2) is 4.79 Å². The Balaban J connectivity index is 2.32. The number of rotatable bonds is 2. The van der Waals surface area contributed by atoms with Gasteiger partial charge in [0.05, 0.1) is 0 Å². The summed E-state index contributed by atoms with van der Waals surface area (Å²) in [5.74, 6) is 0.967. The van der Waals surface area contributed by atoms with E-state index in [9.17, 15) is 4.79 Å². The van der Waals surface area contributed by atoms with Crippen molar-refractivity contribution in [2.45, 2.75) is 6.92 Å².